The van der Waals surface area contributed by atoms with Crippen LogP contribution in [0, 0.1) is 0 Å². The molecule has 0 aliphatic rings. The van der Waals surface area contributed by atoms with Gasteiger partial charge in [0.1, 0.15) is 0 Å². The summed E-state index contributed by atoms with van der Waals surface area (Å²) < 4.78 is 11.0. The normalized spacial score (nSPS) is 10.8. The predicted octanol–water partition coefficient (Wildman–Crippen LogP) is 5.24. The number of hydrogen-bond donors (Lipinski definition) is 2. The number of aromatic nitrogens is 2. The monoisotopic (exact) mass is 524 g/mol. The summed E-state index contributed by atoms with van der Waals surface area (Å²) in [7, 11) is 3.09. The number of amides is 2. The fourth-order valence-electron chi connectivity index (χ4n) is 2.49. The van der Waals surface area contributed by atoms with Gasteiger partial charge in [0, 0.05) is 11.8 Å². The summed E-state index contributed by atoms with van der Waals surface area (Å²) in [5.74, 6) is 0.673. The van der Waals surface area contributed by atoms with Crippen LogP contribution >= 0.6 is 46.3 Å². The van der Waals surface area contributed by atoms with Gasteiger partial charge >= 0.3 is 0 Å². The van der Waals surface area contributed by atoms with E-state index < -0.39 is 0 Å². The van der Waals surface area contributed by atoms with Crippen LogP contribution in [0.15, 0.2) is 46.8 Å². The molecule has 0 fully saturated rings. The smallest absolute Gasteiger partial charge is 0.250 e. The van der Waals surface area contributed by atoms with Crippen molar-refractivity contribution in [2.24, 2.45) is 0 Å². The number of hydrogen-bond acceptors (Lipinski definition) is 8. The SMILES string of the molecule is COc1ccc(/C=C/C(=O)Nc2nnc(SCC(=O)Nc3ccc(Cl)c(Cl)c3)s2)cc1OC. The molecular weight excluding hydrogens is 507 g/mol. The van der Waals surface area contributed by atoms with Gasteiger partial charge in [-0.2, -0.15) is 0 Å². The number of nitrogens with zero attached hydrogens (tertiary/aromatic N) is 2. The maximum atomic E-state index is 12.2. The molecule has 0 atom stereocenters. The number of nitrogens with one attached hydrogen (secondary N) is 2. The molecule has 0 aliphatic heterocycles. The van der Waals surface area contributed by atoms with Gasteiger partial charge in [0.05, 0.1) is 30.0 Å². The lowest BCUT2D eigenvalue weighted by molar-refractivity contribution is -0.114. The molecule has 12 heteroatoms. The second kappa shape index (κ2) is 11.9. The molecule has 0 aliphatic carbocycles. The number of carbonyl (C=O) groups excluding carboxylic acids is 2. The van der Waals surface area contributed by atoms with Gasteiger partial charge in [0.2, 0.25) is 16.9 Å². The zero-order chi connectivity index (χ0) is 23.8. The molecule has 2 amide bonds. The van der Waals surface area contributed by atoms with E-state index in [1.165, 1.54) is 29.2 Å². The highest BCUT2D eigenvalue weighted by atomic mass is 35.5. The van der Waals surface area contributed by atoms with Gasteiger partial charge in [0.25, 0.3) is 0 Å². The van der Waals surface area contributed by atoms with Crippen LogP contribution in [-0.4, -0.2) is 42.0 Å². The Morgan fingerprint density at radius 1 is 1.03 bits per heavy atom. The number of anilines is 2. The molecule has 0 spiro atoms. The van der Waals surface area contributed by atoms with Crippen molar-refractivity contribution in [2.75, 3.05) is 30.6 Å². The summed E-state index contributed by atoms with van der Waals surface area (Å²) >= 11 is 14.2. The standard InChI is InChI=1S/C21H18Cl2N4O4S2/c1-30-16-7-3-12(9-17(16)31-2)4-8-18(28)25-20-26-27-21(33-20)32-11-19(29)24-13-5-6-14(22)15(23)10-13/h3-10H,11H2,1-2H3,(H,24,29)(H,25,26,28)/b8-4+. The van der Waals surface area contributed by atoms with Crippen LogP contribution in [0.1, 0.15) is 5.56 Å². The quantitative estimate of drug-likeness (QED) is 0.224. The van der Waals surface area contributed by atoms with Crippen LogP contribution in [0.5, 0.6) is 11.5 Å². The third-order valence-corrected chi connectivity index (χ3v) is 6.71. The summed E-state index contributed by atoms with van der Waals surface area (Å²) in [6, 6.07) is 10.1. The Labute approximate surface area is 208 Å². The molecular formula is C21H18Cl2N4O4S2. The zero-order valence-electron chi connectivity index (χ0n) is 17.4. The Morgan fingerprint density at radius 2 is 1.82 bits per heavy atom. The van der Waals surface area contributed by atoms with Crippen molar-refractivity contribution >= 4 is 75.0 Å². The average Bonchev–Trinajstić information content (AvgIpc) is 3.25. The minimum Gasteiger partial charge on any atom is -0.493 e. The maximum Gasteiger partial charge on any atom is 0.250 e. The first-order valence-electron chi connectivity index (χ1n) is 9.30. The van der Waals surface area contributed by atoms with Gasteiger partial charge in [-0.3, -0.25) is 14.9 Å². The lowest BCUT2D eigenvalue weighted by Gasteiger charge is -2.07. The van der Waals surface area contributed by atoms with Crippen molar-refractivity contribution in [3.8, 4) is 11.5 Å². The van der Waals surface area contributed by atoms with Crippen LogP contribution in [0.25, 0.3) is 6.08 Å². The van der Waals surface area contributed by atoms with Gasteiger partial charge in [-0.1, -0.05) is 52.4 Å². The number of thioether (sulfide) groups is 1. The van der Waals surface area contributed by atoms with Crippen molar-refractivity contribution in [3.05, 3.63) is 58.1 Å². The van der Waals surface area contributed by atoms with E-state index >= 15 is 0 Å². The number of ether oxygens (including phenoxy) is 2. The number of rotatable bonds is 9. The molecule has 0 unspecified atom stereocenters. The highest BCUT2D eigenvalue weighted by Gasteiger charge is 2.11. The van der Waals surface area contributed by atoms with E-state index in [0.29, 0.717) is 36.7 Å². The molecule has 0 saturated heterocycles. The van der Waals surface area contributed by atoms with E-state index in [2.05, 4.69) is 20.8 Å². The summed E-state index contributed by atoms with van der Waals surface area (Å²) in [5, 5.41) is 14.4. The molecule has 0 saturated carbocycles. The fraction of sp³-hybridized carbons (Fsp3) is 0.143. The van der Waals surface area contributed by atoms with E-state index in [1.54, 1.807) is 56.7 Å². The Bertz CT molecular complexity index is 1190. The molecule has 0 radical (unpaired) electrons. The molecule has 2 aromatic carbocycles. The van der Waals surface area contributed by atoms with E-state index in [-0.39, 0.29) is 17.6 Å². The molecule has 0 bridgehead atoms. The summed E-state index contributed by atoms with van der Waals surface area (Å²) in [6.07, 6.45) is 3.02. The van der Waals surface area contributed by atoms with Crippen molar-refractivity contribution in [1.29, 1.82) is 0 Å². The Morgan fingerprint density at radius 3 is 2.55 bits per heavy atom. The largest absolute Gasteiger partial charge is 0.493 e. The van der Waals surface area contributed by atoms with Crippen LogP contribution in [0.4, 0.5) is 10.8 Å². The van der Waals surface area contributed by atoms with Crippen LogP contribution in [-0.2, 0) is 9.59 Å². The van der Waals surface area contributed by atoms with Crippen molar-refractivity contribution in [2.45, 2.75) is 4.34 Å². The summed E-state index contributed by atoms with van der Waals surface area (Å²) in [6.45, 7) is 0. The summed E-state index contributed by atoms with van der Waals surface area (Å²) in [4.78, 5) is 24.3. The number of benzene rings is 2. The lowest BCUT2D eigenvalue weighted by Crippen LogP contribution is -2.13. The fourth-order valence-corrected chi connectivity index (χ4v) is 4.35. The zero-order valence-corrected chi connectivity index (χ0v) is 20.6. The summed E-state index contributed by atoms with van der Waals surface area (Å²) in [5.41, 5.74) is 1.31. The maximum absolute atomic E-state index is 12.2. The van der Waals surface area contributed by atoms with Crippen molar-refractivity contribution in [3.63, 3.8) is 0 Å². The van der Waals surface area contributed by atoms with E-state index in [9.17, 15) is 9.59 Å². The van der Waals surface area contributed by atoms with Gasteiger partial charge in [-0.25, -0.2) is 0 Å². The minimum absolute atomic E-state index is 0.113. The van der Waals surface area contributed by atoms with E-state index in [0.717, 1.165) is 5.56 Å². The van der Waals surface area contributed by atoms with Gasteiger partial charge < -0.3 is 14.8 Å². The highest BCUT2D eigenvalue weighted by Crippen LogP contribution is 2.29. The highest BCUT2D eigenvalue weighted by molar-refractivity contribution is 8.01. The first kappa shape index (κ1) is 24.8. The van der Waals surface area contributed by atoms with Gasteiger partial charge in [-0.15, -0.1) is 10.2 Å². The Kier molecular flexibility index (Phi) is 8.95. The number of methoxy groups -OCH3 is 2. The van der Waals surface area contributed by atoms with Crippen molar-refractivity contribution < 1.29 is 19.1 Å². The third-order valence-electron chi connectivity index (χ3n) is 4.00. The van der Waals surface area contributed by atoms with E-state index in [4.69, 9.17) is 32.7 Å². The number of halogens is 2. The minimum atomic E-state index is -0.366. The Balaban J connectivity index is 1.49. The van der Waals surface area contributed by atoms with Crippen LogP contribution in [0.2, 0.25) is 10.0 Å². The molecule has 3 aromatic rings. The lowest BCUT2D eigenvalue weighted by atomic mass is 10.2. The second-order valence-corrected chi connectivity index (χ2v) is 9.29. The topological polar surface area (TPSA) is 102 Å². The van der Waals surface area contributed by atoms with Crippen LogP contribution in [0.3, 0.4) is 0 Å². The average molecular weight is 525 g/mol. The first-order valence-corrected chi connectivity index (χ1v) is 11.9. The molecule has 1 aromatic heterocycles. The van der Waals surface area contributed by atoms with Crippen molar-refractivity contribution in [1.82, 2.24) is 10.2 Å². The number of carbonyl (C=O) groups is 2. The molecule has 8 nitrogen and oxygen atoms in total. The predicted molar refractivity (Wildman–Crippen MR) is 133 cm³/mol. The molecule has 33 heavy (non-hydrogen) atoms. The van der Waals surface area contributed by atoms with Crippen LogP contribution < -0.4 is 20.1 Å². The third kappa shape index (κ3) is 7.36. The molecule has 172 valence electrons. The molecule has 1 heterocycles. The molecule has 3 rings (SSSR count). The molecule has 2 N–H and O–H groups in total. The second-order valence-electron chi connectivity index (χ2n) is 6.28. The van der Waals surface area contributed by atoms with E-state index in [1.807, 2.05) is 0 Å². The first-order chi connectivity index (χ1) is 15.9. The van der Waals surface area contributed by atoms with Gasteiger partial charge in [0.15, 0.2) is 15.8 Å². The van der Waals surface area contributed by atoms with Gasteiger partial charge in [-0.05, 0) is 42.0 Å². The Hall–Kier alpha value is -2.79.